The van der Waals surface area contributed by atoms with E-state index in [1.54, 1.807) is 0 Å². The molecule has 2 fully saturated rings. The molecular formula is C26H34O13. The van der Waals surface area contributed by atoms with Gasteiger partial charge in [0, 0.05) is 34.8 Å². The van der Waals surface area contributed by atoms with Crippen LogP contribution in [0.4, 0.5) is 0 Å². The number of esters is 4. The molecule has 8 atom stereocenters. The van der Waals surface area contributed by atoms with Gasteiger partial charge in [0.2, 0.25) is 0 Å². The topological polar surface area (TPSA) is 151 Å². The van der Waals surface area contributed by atoms with E-state index in [-0.39, 0.29) is 19.8 Å². The van der Waals surface area contributed by atoms with Crippen LogP contribution in [-0.2, 0) is 68.4 Å². The van der Waals surface area contributed by atoms with Crippen molar-refractivity contribution in [1.29, 1.82) is 0 Å². The Hall–Kier alpha value is -3.10. The van der Waals surface area contributed by atoms with Crippen molar-refractivity contribution in [2.45, 2.75) is 83.5 Å². The highest BCUT2D eigenvalue weighted by Crippen LogP contribution is 2.31. The molecule has 0 spiro atoms. The molecule has 0 saturated carbocycles. The molecule has 0 aromatic heterocycles. The first kappa shape index (κ1) is 30.4. The molecule has 1 aromatic carbocycles. The van der Waals surface area contributed by atoms with Gasteiger partial charge in [0.1, 0.15) is 12.2 Å². The normalized spacial score (nSPS) is 30.6. The van der Waals surface area contributed by atoms with Crippen molar-refractivity contribution < 1.29 is 61.8 Å². The Labute approximate surface area is 225 Å². The van der Waals surface area contributed by atoms with Gasteiger partial charge in [-0.2, -0.15) is 0 Å². The van der Waals surface area contributed by atoms with E-state index in [1.807, 2.05) is 30.3 Å². The number of benzene rings is 1. The summed E-state index contributed by atoms with van der Waals surface area (Å²) in [6.45, 7) is 4.63. The average Bonchev–Trinajstić information content (AvgIpc) is 2.86. The Kier molecular flexibility index (Phi) is 11.2. The first-order valence-corrected chi connectivity index (χ1v) is 12.3. The van der Waals surface area contributed by atoms with Gasteiger partial charge in [0.15, 0.2) is 37.0 Å². The van der Waals surface area contributed by atoms with Crippen molar-refractivity contribution in [3.05, 3.63) is 35.9 Å². The monoisotopic (exact) mass is 554 g/mol. The van der Waals surface area contributed by atoms with Crippen molar-refractivity contribution in [3.63, 3.8) is 0 Å². The molecule has 2 heterocycles. The lowest BCUT2D eigenvalue weighted by Gasteiger charge is -2.45. The van der Waals surface area contributed by atoms with E-state index >= 15 is 0 Å². The number of rotatable bonds is 10. The molecular weight excluding hydrogens is 520 g/mol. The van der Waals surface area contributed by atoms with Gasteiger partial charge < -0.3 is 42.6 Å². The second kappa shape index (κ2) is 14.3. The van der Waals surface area contributed by atoms with E-state index in [1.165, 1.54) is 34.8 Å². The lowest BCUT2D eigenvalue weighted by Crippen LogP contribution is -2.62. The minimum atomic E-state index is -1.26. The maximum atomic E-state index is 12.1. The van der Waals surface area contributed by atoms with E-state index in [0.29, 0.717) is 0 Å². The second-order valence-electron chi connectivity index (χ2n) is 8.94. The molecule has 0 N–H and O–H groups in total. The Balaban J connectivity index is 1.88. The molecule has 0 aliphatic carbocycles. The Morgan fingerprint density at radius 1 is 0.692 bits per heavy atom. The smallest absolute Gasteiger partial charge is 0.303 e. The molecule has 13 heteroatoms. The molecule has 2 aliphatic rings. The minimum absolute atomic E-state index is 0.112. The number of ether oxygens (including phenoxy) is 9. The predicted molar refractivity (Wildman–Crippen MR) is 129 cm³/mol. The molecule has 2 saturated heterocycles. The van der Waals surface area contributed by atoms with Gasteiger partial charge in [0.25, 0.3) is 0 Å². The zero-order valence-corrected chi connectivity index (χ0v) is 22.4. The molecule has 13 nitrogen and oxygen atoms in total. The van der Waals surface area contributed by atoms with Crippen molar-refractivity contribution in [1.82, 2.24) is 0 Å². The van der Waals surface area contributed by atoms with Crippen LogP contribution in [-0.4, -0.2) is 93.4 Å². The minimum Gasteiger partial charge on any atom is -0.457 e. The summed E-state index contributed by atoms with van der Waals surface area (Å²) in [6.07, 6.45) is -8.75. The van der Waals surface area contributed by atoms with Gasteiger partial charge in [-0.1, -0.05) is 30.3 Å². The highest BCUT2D eigenvalue weighted by molar-refractivity contribution is 5.68. The van der Waals surface area contributed by atoms with Crippen molar-refractivity contribution in [2.75, 3.05) is 20.3 Å². The zero-order valence-electron chi connectivity index (χ0n) is 22.4. The van der Waals surface area contributed by atoms with Gasteiger partial charge >= 0.3 is 23.9 Å². The molecule has 0 bridgehead atoms. The largest absolute Gasteiger partial charge is 0.457 e. The quantitative estimate of drug-likeness (QED) is 0.299. The fourth-order valence-corrected chi connectivity index (χ4v) is 4.35. The fraction of sp³-hybridized carbons (Fsp3) is 0.615. The van der Waals surface area contributed by atoms with Crippen LogP contribution < -0.4 is 0 Å². The third kappa shape index (κ3) is 8.70. The molecule has 2 aliphatic heterocycles. The number of hydrogen-bond donors (Lipinski definition) is 0. The van der Waals surface area contributed by atoms with Crippen LogP contribution >= 0.6 is 0 Å². The number of carbonyl (C=O) groups is 4. The summed E-state index contributed by atoms with van der Waals surface area (Å²) in [5, 5.41) is 0. The predicted octanol–water partition coefficient (Wildman–Crippen LogP) is 1.04. The van der Waals surface area contributed by atoms with E-state index in [9.17, 15) is 19.2 Å². The fourth-order valence-electron chi connectivity index (χ4n) is 4.35. The number of hydrogen-bond acceptors (Lipinski definition) is 13. The highest BCUT2D eigenvalue weighted by Gasteiger charge is 2.51. The van der Waals surface area contributed by atoms with Crippen molar-refractivity contribution >= 4 is 23.9 Å². The van der Waals surface area contributed by atoms with Gasteiger partial charge in [-0.25, -0.2) is 0 Å². The standard InChI is InChI=1S/C26H34O13/c1-14(27)35-19-12-34-26(23(37-16(3)29)21(19)32-11-18-9-7-6-8-10-18)39-20-13-33-25(31-5)24(38-17(4)30)22(20)36-15(2)28/h6-10,19-26H,11-13H2,1-5H3. The van der Waals surface area contributed by atoms with Crippen LogP contribution in [0.5, 0.6) is 0 Å². The Morgan fingerprint density at radius 3 is 1.77 bits per heavy atom. The second-order valence-corrected chi connectivity index (χ2v) is 8.94. The molecule has 0 radical (unpaired) electrons. The summed E-state index contributed by atoms with van der Waals surface area (Å²) in [4.78, 5) is 47.6. The van der Waals surface area contributed by atoms with Crippen LogP contribution in [0, 0.1) is 0 Å². The van der Waals surface area contributed by atoms with Crippen molar-refractivity contribution in [2.24, 2.45) is 0 Å². The van der Waals surface area contributed by atoms with Crippen molar-refractivity contribution in [3.8, 4) is 0 Å². The molecule has 3 rings (SSSR count). The lowest BCUT2D eigenvalue weighted by molar-refractivity contribution is -0.332. The number of methoxy groups -OCH3 is 1. The summed E-state index contributed by atoms with van der Waals surface area (Å²) in [6, 6.07) is 9.23. The van der Waals surface area contributed by atoms with Crippen LogP contribution in [0.3, 0.4) is 0 Å². The van der Waals surface area contributed by atoms with Crippen LogP contribution in [0.25, 0.3) is 0 Å². The summed E-state index contributed by atoms with van der Waals surface area (Å²) in [5.74, 6) is -2.57. The lowest BCUT2D eigenvalue weighted by atomic mass is 10.0. The van der Waals surface area contributed by atoms with E-state index in [2.05, 4.69) is 0 Å². The molecule has 39 heavy (non-hydrogen) atoms. The Bertz CT molecular complexity index is 983. The van der Waals surface area contributed by atoms with E-state index in [0.717, 1.165) is 5.56 Å². The Morgan fingerprint density at radius 2 is 1.21 bits per heavy atom. The third-order valence-corrected chi connectivity index (χ3v) is 5.82. The molecule has 8 unspecified atom stereocenters. The maximum absolute atomic E-state index is 12.1. The highest BCUT2D eigenvalue weighted by atomic mass is 16.8. The number of carbonyl (C=O) groups excluding carboxylic acids is 4. The molecule has 1 aromatic rings. The van der Waals surface area contributed by atoms with Gasteiger partial charge in [-0.05, 0) is 5.56 Å². The molecule has 216 valence electrons. The van der Waals surface area contributed by atoms with Gasteiger partial charge in [-0.3, -0.25) is 19.2 Å². The zero-order chi connectivity index (χ0) is 28.5. The summed E-state index contributed by atoms with van der Waals surface area (Å²) in [7, 11) is 1.35. The SMILES string of the molecule is COC1OCC(OC2OCC(OC(C)=O)C(OCc3ccccc3)C2OC(C)=O)C(OC(C)=O)C1OC(C)=O. The van der Waals surface area contributed by atoms with E-state index < -0.39 is 73.1 Å². The summed E-state index contributed by atoms with van der Waals surface area (Å²) in [5.41, 5.74) is 0.829. The van der Waals surface area contributed by atoms with Crippen LogP contribution in [0.2, 0.25) is 0 Å². The van der Waals surface area contributed by atoms with Gasteiger partial charge in [-0.15, -0.1) is 0 Å². The van der Waals surface area contributed by atoms with Gasteiger partial charge in [0.05, 0.1) is 19.8 Å². The van der Waals surface area contributed by atoms with Crippen LogP contribution in [0.1, 0.15) is 33.3 Å². The maximum Gasteiger partial charge on any atom is 0.303 e. The van der Waals surface area contributed by atoms with E-state index in [4.69, 9.17) is 42.6 Å². The summed E-state index contributed by atoms with van der Waals surface area (Å²) >= 11 is 0. The average molecular weight is 555 g/mol. The first-order chi connectivity index (χ1) is 18.6. The van der Waals surface area contributed by atoms with Crippen LogP contribution in [0.15, 0.2) is 30.3 Å². The third-order valence-electron chi connectivity index (χ3n) is 5.82. The molecule has 0 amide bonds. The first-order valence-electron chi connectivity index (χ1n) is 12.3. The summed E-state index contributed by atoms with van der Waals surface area (Å²) < 4.78 is 50.7.